The minimum atomic E-state index is -0.599. The van der Waals surface area contributed by atoms with E-state index in [4.69, 9.17) is 19.9 Å². The lowest BCUT2D eigenvalue weighted by atomic mass is 9.64. The molecule has 96 heavy (non-hydrogen) atoms. The molecule has 2 aliphatic carbocycles. The predicted molar refractivity (Wildman–Crippen MR) is 391 cm³/mol. The third kappa shape index (κ3) is 7.69. The molecule has 6 nitrogen and oxygen atoms in total. The number of rotatable bonds is 7. The van der Waals surface area contributed by atoms with Crippen LogP contribution in [0.15, 0.2) is 340 Å². The van der Waals surface area contributed by atoms with Crippen LogP contribution in [0.1, 0.15) is 44.5 Å². The fraction of sp³-hybridized carbons (Fsp3) is 0.0222. The zero-order valence-electron chi connectivity index (χ0n) is 52.0. The Labute approximate surface area is 556 Å². The highest BCUT2D eigenvalue weighted by atomic mass is 15.2. The molecule has 0 atom stereocenters. The van der Waals surface area contributed by atoms with Crippen molar-refractivity contribution in [3.63, 3.8) is 0 Å². The summed E-state index contributed by atoms with van der Waals surface area (Å²) < 4.78 is 0. The quantitative estimate of drug-likeness (QED) is 0.158. The summed E-state index contributed by atoms with van der Waals surface area (Å²) in [6.45, 7) is 0. The predicted octanol–water partition coefficient (Wildman–Crippen LogP) is 22.2. The zero-order valence-corrected chi connectivity index (χ0v) is 52.0. The molecule has 0 N–H and O–H groups in total. The molecule has 2 aromatic heterocycles. The Morgan fingerprint density at radius 1 is 0.208 bits per heavy atom. The number of hydrogen-bond donors (Lipinski definition) is 0. The second-order valence-electron chi connectivity index (χ2n) is 25.5. The van der Waals surface area contributed by atoms with E-state index in [0.717, 1.165) is 89.3 Å². The largest absolute Gasteiger partial charge is 0.310 e. The molecule has 0 saturated carbocycles. The van der Waals surface area contributed by atoms with Gasteiger partial charge >= 0.3 is 0 Å². The Morgan fingerprint density at radius 3 is 1.08 bits per heavy atom. The van der Waals surface area contributed by atoms with Gasteiger partial charge in [-0.1, -0.05) is 261 Å². The van der Waals surface area contributed by atoms with E-state index < -0.39 is 10.8 Å². The summed E-state index contributed by atoms with van der Waals surface area (Å²) in [5.74, 6) is 1.40. The van der Waals surface area contributed by atoms with Crippen LogP contribution in [0.25, 0.3) is 100 Å². The molecule has 16 aromatic rings. The molecule has 2 aliphatic heterocycles. The van der Waals surface area contributed by atoms with Gasteiger partial charge in [-0.25, -0.2) is 19.9 Å². The minimum absolute atomic E-state index is 0.560. The molecule has 0 fully saturated rings. The first-order valence-corrected chi connectivity index (χ1v) is 32.9. The molecular weight excluding hydrogens is 1170 g/mol. The van der Waals surface area contributed by atoms with Gasteiger partial charge in [-0.05, 0) is 157 Å². The minimum Gasteiger partial charge on any atom is -0.310 e. The number of para-hydroxylation sites is 7. The topological polar surface area (TPSA) is 58.0 Å². The maximum Gasteiger partial charge on any atom is 0.160 e. The molecule has 0 unspecified atom stereocenters. The summed E-state index contributed by atoms with van der Waals surface area (Å²) in [5.41, 5.74) is 30.5. The van der Waals surface area contributed by atoms with E-state index in [9.17, 15) is 0 Å². The first kappa shape index (κ1) is 54.0. The van der Waals surface area contributed by atoms with Crippen LogP contribution in [-0.2, 0) is 10.8 Å². The van der Waals surface area contributed by atoms with Crippen LogP contribution in [0, 0.1) is 0 Å². The fourth-order valence-electron chi connectivity index (χ4n) is 16.7. The second-order valence-corrected chi connectivity index (χ2v) is 25.5. The molecule has 4 aliphatic rings. The molecule has 20 rings (SSSR count). The van der Waals surface area contributed by atoms with Gasteiger partial charge in [0.25, 0.3) is 0 Å². The highest BCUT2D eigenvalue weighted by molar-refractivity contribution is 6.02. The Bertz CT molecular complexity index is 5780. The second kappa shape index (κ2) is 20.9. The van der Waals surface area contributed by atoms with Gasteiger partial charge in [0.1, 0.15) is 0 Å². The van der Waals surface area contributed by atoms with E-state index >= 15 is 0 Å². The Kier molecular flexibility index (Phi) is 11.8. The normalized spacial score (nSPS) is 13.8. The third-order valence-corrected chi connectivity index (χ3v) is 20.7. The number of fused-ring (bicyclic) bond motifs is 20. The van der Waals surface area contributed by atoms with Gasteiger partial charge < -0.3 is 9.80 Å². The molecular formula is C90H56N6. The molecule has 0 saturated heterocycles. The molecule has 14 aromatic carbocycles. The Hall–Kier alpha value is -12.6. The highest BCUT2D eigenvalue weighted by Gasteiger charge is 2.53. The van der Waals surface area contributed by atoms with E-state index in [1.165, 1.54) is 78.1 Å². The summed E-state index contributed by atoms with van der Waals surface area (Å²) >= 11 is 0. The van der Waals surface area contributed by atoms with E-state index in [2.05, 4.69) is 331 Å². The van der Waals surface area contributed by atoms with Gasteiger partial charge in [0.15, 0.2) is 11.6 Å². The van der Waals surface area contributed by atoms with Gasteiger partial charge in [-0.15, -0.1) is 0 Å². The van der Waals surface area contributed by atoms with Crippen molar-refractivity contribution in [3.05, 3.63) is 384 Å². The molecule has 2 spiro atoms. The van der Waals surface area contributed by atoms with Crippen LogP contribution >= 0.6 is 0 Å². The van der Waals surface area contributed by atoms with E-state index in [1.54, 1.807) is 0 Å². The van der Waals surface area contributed by atoms with Crippen molar-refractivity contribution in [1.82, 2.24) is 19.9 Å². The van der Waals surface area contributed by atoms with Crippen LogP contribution in [0.4, 0.5) is 34.1 Å². The van der Waals surface area contributed by atoms with Crippen molar-refractivity contribution in [3.8, 4) is 78.7 Å². The average Bonchev–Trinajstić information content (AvgIpc) is 1.46. The van der Waals surface area contributed by atoms with E-state index in [1.807, 2.05) is 18.2 Å². The number of aromatic nitrogens is 4. The Balaban J connectivity index is 0.666. The van der Waals surface area contributed by atoms with Crippen LogP contribution in [-0.4, -0.2) is 19.9 Å². The van der Waals surface area contributed by atoms with Crippen molar-refractivity contribution in [2.24, 2.45) is 0 Å². The van der Waals surface area contributed by atoms with E-state index in [-0.39, 0.29) is 0 Å². The number of nitrogens with zero attached hydrogens (tertiary/aromatic N) is 6. The number of benzene rings is 14. The maximum absolute atomic E-state index is 5.57. The highest BCUT2D eigenvalue weighted by Crippen LogP contribution is 2.66. The number of anilines is 6. The van der Waals surface area contributed by atoms with Gasteiger partial charge in [-0.2, -0.15) is 0 Å². The molecule has 0 radical (unpaired) electrons. The van der Waals surface area contributed by atoms with Gasteiger partial charge in [0.2, 0.25) is 0 Å². The summed E-state index contributed by atoms with van der Waals surface area (Å²) in [6, 6.07) is 124. The third-order valence-electron chi connectivity index (χ3n) is 20.7. The summed E-state index contributed by atoms with van der Waals surface area (Å²) in [6.07, 6.45) is 0. The first-order valence-electron chi connectivity index (χ1n) is 32.9. The fourth-order valence-corrected chi connectivity index (χ4v) is 16.7. The molecule has 6 heteroatoms. The molecule has 4 heterocycles. The van der Waals surface area contributed by atoms with Crippen LogP contribution in [0.3, 0.4) is 0 Å². The summed E-state index contributed by atoms with van der Waals surface area (Å²) in [7, 11) is 0. The standard InChI is InChI=1S/C90H56N6/c1-3-24-58(25-4-1)87-91-79-40-17-10-33-68(79)86(93-87)61-48-52-73-69(55-61)65-30-7-11-34-71(65)89(73)77-38-15-21-44-83(77)96(84-45-22-16-39-78(84)89)64-50-46-57(47-51-64)59-26-23-27-60(54-59)85-67-32-9-18-41-80(67)92-88(94-85)62-49-53-74-70(56-62)66-31-8-12-35-72(66)90(74)75-36-13-19-42-81(75)95(63-28-5-2-6-29-63)82-43-20-14-37-76(82)90/h1-56H. The molecule has 446 valence electrons. The maximum atomic E-state index is 5.57. The van der Waals surface area contributed by atoms with E-state index in [0.29, 0.717) is 11.6 Å². The monoisotopic (exact) mass is 1220 g/mol. The smallest absolute Gasteiger partial charge is 0.160 e. The summed E-state index contributed by atoms with van der Waals surface area (Å²) in [4.78, 5) is 26.2. The first-order chi connectivity index (χ1) is 47.6. The van der Waals surface area contributed by atoms with Crippen molar-refractivity contribution >= 4 is 55.9 Å². The summed E-state index contributed by atoms with van der Waals surface area (Å²) in [5, 5.41) is 2.03. The lowest BCUT2D eigenvalue weighted by Crippen LogP contribution is -2.36. The van der Waals surface area contributed by atoms with Crippen LogP contribution in [0.2, 0.25) is 0 Å². The molecule has 0 amide bonds. The van der Waals surface area contributed by atoms with Crippen molar-refractivity contribution in [2.45, 2.75) is 10.8 Å². The zero-order chi connectivity index (χ0) is 63.1. The Morgan fingerprint density at radius 2 is 0.562 bits per heavy atom. The average molecular weight is 1220 g/mol. The number of hydrogen-bond acceptors (Lipinski definition) is 6. The van der Waals surface area contributed by atoms with Gasteiger partial charge in [0.05, 0.1) is 56.0 Å². The van der Waals surface area contributed by atoms with Gasteiger partial charge in [-0.3, -0.25) is 0 Å². The SMILES string of the molecule is c1ccc(-c2nc(-c3ccc4c(c3)-c3ccccc3C43c4ccccc4N(c4ccc(-c5cccc(-c6nc(-c7ccc8c(c7)-c7ccccc7C87c8ccccc8N(c8ccccc8)c8ccccc87)nc7ccccc67)c5)cc4)c4ccccc43)c3ccccc3n2)cc1. The van der Waals surface area contributed by atoms with Crippen LogP contribution < -0.4 is 9.80 Å². The molecule has 0 bridgehead atoms. The van der Waals surface area contributed by atoms with Crippen LogP contribution in [0.5, 0.6) is 0 Å². The lowest BCUT2D eigenvalue weighted by molar-refractivity contribution is 0.752. The van der Waals surface area contributed by atoms with Crippen molar-refractivity contribution in [1.29, 1.82) is 0 Å². The van der Waals surface area contributed by atoms with Crippen molar-refractivity contribution < 1.29 is 0 Å². The van der Waals surface area contributed by atoms with Gasteiger partial charge in [0, 0.05) is 44.4 Å². The van der Waals surface area contributed by atoms with Crippen molar-refractivity contribution in [2.75, 3.05) is 9.80 Å². The lowest BCUT2D eigenvalue weighted by Gasteiger charge is -2.45.